The Morgan fingerprint density at radius 3 is 2.23 bits per heavy atom. The van der Waals surface area contributed by atoms with Gasteiger partial charge in [-0.3, -0.25) is 13.9 Å². The van der Waals surface area contributed by atoms with Crippen LogP contribution in [0.15, 0.2) is 77.7 Å². The summed E-state index contributed by atoms with van der Waals surface area (Å²) in [4.78, 5) is 29.3. The van der Waals surface area contributed by atoms with Gasteiger partial charge in [0.05, 0.1) is 17.2 Å². The predicted molar refractivity (Wildman–Crippen MR) is 169 cm³/mol. The van der Waals surface area contributed by atoms with Crippen LogP contribution in [0.1, 0.15) is 63.5 Å². The molecule has 236 valence electrons. The normalized spacial score (nSPS) is 14.5. The fourth-order valence-corrected chi connectivity index (χ4v) is 6.99. The number of hydrogen-bond acceptors (Lipinski definition) is 5. The number of benzene rings is 3. The molecule has 1 aliphatic carbocycles. The van der Waals surface area contributed by atoms with E-state index >= 15 is 0 Å². The SMILES string of the molecule is CCOc1ccc(N(CC(=O)N(Cc2ccccc2C)C(CC)C(=O)NC2CCCCC2)S(=O)(=O)c2ccc(F)cc2)cc1. The first-order valence-corrected chi connectivity index (χ1v) is 16.7. The Hall–Kier alpha value is -3.92. The Labute approximate surface area is 260 Å². The summed E-state index contributed by atoms with van der Waals surface area (Å²) in [5.41, 5.74) is 2.05. The second-order valence-corrected chi connectivity index (χ2v) is 13.0. The average Bonchev–Trinajstić information content (AvgIpc) is 3.02. The number of anilines is 1. The van der Waals surface area contributed by atoms with Crippen LogP contribution in [0.5, 0.6) is 5.75 Å². The third-order valence-electron chi connectivity index (χ3n) is 8.06. The molecule has 1 unspecified atom stereocenters. The van der Waals surface area contributed by atoms with Gasteiger partial charge in [-0.05, 0) is 92.8 Å². The fourth-order valence-electron chi connectivity index (χ4n) is 5.57. The Balaban J connectivity index is 1.71. The Kier molecular flexibility index (Phi) is 11.4. The maximum absolute atomic E-state index is 14.3. The smallest absolute Gasteiger partial charge is 0.264 e. The molecule has 0 heterocycles. The lowest BCUT2D eigenvalue weighted by Gasteiger charge is -2.34. The lowest BCUT2D eigenvalue weighted by atomic mass is 9.95. The van der Waals surface area contributed by atoms with Crippen molar-refractivity contribution < 1.29 is 27.1 Å². The largest absolute Gasteiger partial charge is 0.494 e. The van der Waals surface area contributed by atoms with Crippen LogP contribution in [0.25, 0.3) is 0 Å². The van der Waals surface area contributed by atoms with E-state index < -0.39 is 34.3 Å². The molecule has 1 N–H and O–H groups in total. The summed E-state index contributed by atoms with van der Waals surface area (Å²) in [7, 11) is -4.30. The van der Waals surface area contributed by atoms with Gasteiger partial charge in [0.1, 0.15) is 24.2 Å². The fraction of sp³-hybridized carbons (Fsp3) is 0.412. The molecule has 0 saturated heterocycles. The molecule has 0 radical (unpaired) electrons. The first-order chi connectivity index (χ1) is 21.1. The standard InChI is InChI=1S/C34H42FN3O5S/c1-4-32(34(40)36-28-13-7-6-8-14-28)37(23-26-12-10-9-11-25(26)3)33(39)24-38(29-17-19-30(20-18-29)43-5-2)44(41,42)31-21-15-27(35)16-22-31/h9-12,15-22,28,32H,4-8,13-14,23-24H2,1-3H3,(H,36,40). The zero-order chi connectivity index (χ0) is 31.7. The number of nitrogens with zero attached hydrogens (tertiary/aromatic N) is 2. The molecule has 8 nitrogen and oxygen atoms in total. The minimum Gasteiger partial charge on any atom is -0.494 e. The number of ether oxygens (including phenoxy) is 1. The highest BCUT2D eigenvalue weighted by atomic mass is 32.2. The maximum atomic E-state index is 14.3. The average molecular weight is 624 g/mol. The third kappa shape index (κ3) is 8.16. The second kappa shape index (κ2) is 15.2. The van der Waals surface area contributed by atoms with E-state index in [-0.39, 0.29) is 29.1 Å². The number of rotatable bonds is 13. The molecule has 3 aromatic rings. The van der Waals surface area contributed by atoms with Crippen molar-refractivity contribution in [2.24, 2.45) is 0 Å². The monoisotopic (exact) mass is 623 g/mol. The van der Waals surface area contributed by atoms with E-state index in [9.17, 15) is 22.4 Å². The molecule has 10 heteroatoms. The highest BCUT2D eigenvalue weighted by Crippen LogP contribution is 2.27. The van der Waals surface area contributed by atoms with Gasteiger partial charge in [0.2, 0.25) is 11.8 Å². The minimum absolute atomic E-state index is 0.0555. The molecule has 1 fully saturated rings. The molecule has 44 heavy (non-hydrogen) atoms. The molecular weight excluding hydrogens is 581 g/mol. The Morgan fingerprint density at radius 2 is 1.61 bits per heavy atom. The quantitative estimate of drug-likeness (QED) is 0.253. The number of carbonyl (C=O) groups excluding carboxylic acids is 2. The molecule has 4 rings (SSSR count). The van der Waals surface area contributed by atoms with Gasteiger partial charge >= 0.3 is 0 Å². The van der Waals surface area contributed by atoms with E-state index in [1.807, 2.05) is 45.0 Å². The molecule has 0 aliphatic heterocycles. The molecule has 1 saturated carbocycles. The minimum atomic E-state index is -4.30. The van der Waals surface area contributed by atoms with E-state index in [0.717, 1.165) is 59.7 Å². The molecule has 2 amide bonds. The predicted octanol–water partition coefficient (Wildman–Crippen LogP) is 5.98. The molecular formula is C34H42FN3O5S. The third-order valence-corrected chi connectivity index (χ3v) is 9.84. The number of halogens is 1. The van der Waals surface area contributed by atoms with Crippen molar-refractivity contribution in [3.63, 3.8) is 0 Å². The topological polar surface area (TPSA) is 96.0 Å². The summed E-state index contributed by atoms with van der Waals surface area (Å²) in [6.07, 6.45) is 5.39. The van der Waals surface area contributed by atoms with Gasteiger partial charge in [-0.2, -0.15) is 0 Å². The van der Waals surface area contributed by atoms with Crippen LogP contribution in [-0.2, 0) is 26.2 Å². The van der Waals surface area contributed by atoms with Gasteiger partial charge in [0.15, 0.2) is 0 Å². The maximum Gasteiger partial charge on any atom is 0.264 e. The van der Waals surface area contributed by atoms with E-state index in [2.05, 4.69) is 5.32 Å². The van der Waals surface area contributed by atoms with Gasteiger partial charge in [-0.25, -0.2) is 12.8 Å². The summed E-state index contributed by atoms with van der Waals surface area (Å²) in [5, 5.41) is 3.16. The van der Waals surface area contributed by atoms with Gasteiger partial charge < -0.3 is 15.0 Å². The van der Waals surface area contributed by atoms with Crippen molar-refractivity contribution in [3.8, 4) is 5.75 Å². The lowest BCUT2D eigenvalue weighted by molar-refractivity contribution is -0.140. The molecule has 0 bridgehead atoms. The first kappa shape index (κ1) is 33.0. The van der Waals surface area contributed by atoms with E-state index in [1.165, 1.54) is 17.0 Å². The molecule has 3 aromatic carbocycles. The lowest BCUT2D eigenvalue weighted by Crippen LogP contribution is -2.54. The molecule has 1 atom stereocenters. The zero-order valence-electron chi connectivity index (χ0n) is 25.7. The van der Waals surface area contributed by atoms with E-state index in [0.29, 0.717) is 18.8 Å². The number of carbonyl (C=O) groups is 2. The van der Waals surface area contributed by atoms with Crippen molar-refractivity contribution in [1.82, 2.24) is 10.2 Å². The van der Waals surface area contributed by atoms with Crippen molar-refractivity contribution in [2.45, 2.75) is 82.8 Å². The van der Waals surface area contributed by atoms with Crippen molar-refractivity contribution in [3.05, 3.63) is 89.7 Å². The zero-order valence-corrected chi connectivity index (χ0v) is 26.5. The highest BCUT2D eigenvalue weighted by molar-refractivity contribution is 7.92. The van der Waals surface area contributed by atoms with Crippen molar-refractivity contribution in [1.29, 1.82) is 0 Å². The highest BCUT2D eigenvalue weighted by Gasteiger charge is 2.34. The molecule has 0 aromatic heterocycles. The Bertz CT molecular complexity index is 1510. The second-order valence-electron chi connectivity index (χ2n) is 11.1. The number of nitrogens with one attached hydrogen (secondary N) is 1. The van der Waals surface area contributed by atoms with Crippen molar-refractivity contribution in [2.75, 3.05) is 17.5 Å². The van der Waals surface area contributed by atoms with E-state index in [1.54, 1.807) is 24.3 Å². The number of sulfonamides is 1. The van der Waals surface area contributed by atoms with Crippen LogP contribution in [-0.4, -0.2) is 50.4 Å². The first-order valence-electron chi connectivity index (χ1n) is 15.3. The van der Waals surface area contributed by atoms with Gasteiger partial charge in [-0.1, -0.05) is 50.5 Å². The Morgan fingerprint density at radius 1 is 0.955 bits per heavy atom. The summed E-state index contributed by atoms with van der Waals surface area (Å²) in [6.45, 7) is 5.64. The van der Waals surface area contributed by atoms with Crippen LogP contribution in [0.2, 0.25) is 0 Å². The van der Waals surface area contributed by atoms with E-state index in [4.69, 9.17) is 4.74 Å². The number of aryl methyl sites for hydroxylation is 1. The summed E-state index contributed by atoms with van der Waals surface area (Å²) in [5.74, 6) is -0.797. The summed E-state index contributed by atoms with van der Waals surface area (Å²) >= 11 is 0. The van der Waals surface area contributed by atoms with Gasteiger partial charge in [0.25, 0.3) is 10.0 Å². The van der Waals surface area contributed by atoms with Crippen LogP contribution in [0.4, 0.5) is 10.1 Å². The number of amides is 2. The van der Waals surface area contributed by atoms with Crippen LogP contribution >= 0.6 is 0 Å². The summed E-state index contributed by atoms with van der Waals surface area (Å²) < 4.78 is 48.2. The number of hydrogen-bond donors (Lipinski definition) is 1. The summed E-state index contributed by atoms with van der Waals surface area (Å²) in [6, 6.07) is 17.8. The van der Waals surface area contributed by atoms with Crippen LogP contribution in [0, 0.1) is 12.7 Å². The van der Waals surface area contributed by atoms with Crippen LogP contribution in [0.3, 0.4) is 0 Å². The van der Waals surface area contributed by atoms with Gasteiger partial charge in [-0.15, -0.1) is 0 Å². The van der Waals surface area contributed by atoms with Gasteiger partial charge in [0, 0.05) is 12.6 Å². The molecule has 0 spiro atoms. The molecule has 1 aliphatic rings. The van der Waals surface area contributed by atoms with Crippen molar-refractivity contribution >= 4 is 27.5 Å². The van der Waals surface area contributed by atoms with Crippen LogP contribution < -0.4 is 14.4 Å².